The van der Waals surface area contributed by atoms with Crippen LogP contribution in [0.2, 0.25) is 0 Å². The van der Waals surface area contributed by atoms with Crippen LogP contribution in [0.3, 0.4) is 0 Å². The first-order valence-electron chi connectivity index (χ1n) is 12.0. The van der Waals surface area contributed by atoms with Gasteiger partial charge in [-0.1, -0.05) is 93.3 Å². The number of aryl methyl sites for hydroxylation is 1. The van der Waals surface area contributed by atoms with Crippen molar-refractivity contribution in [3.63, 3.8) is 0 Å². The zero-order valence-corrected chi connectivity index (χ0v) is 23.4. The summed E-state index contributed by atoms with van der Waals surface area (Å²) in [6, 6.07) is 25.1. The molecule has 1 aliphatic rings. The average molecular weight is 560 g/mol. The molecule has 4 rings (SSSR count). The van der Waals surface area contributed by atoms with Crippen molar-refractivity contribution in [1.82, 2.24) is 0 Å². The van der Waals surface area contributed by atoms with Crippen molar-refractivity contribution in [3.05, 3.63) is 108 Å². The first-order chi connectivity index (χ1) is 15.9. The van der Waals surface area contributed by atoms with E-state index in [9.17, 15) is 5.11 Å². The van der Waals surface area contributed by atoms with Gasteiger partial charge in [-0.2, -0.15) is 0 Å². The van der Waals surface area contributed by atoms with Crippen LogP contribution in [0.15, 0.2) is 97.1 Å². The van der Waals surface area contributed by atoms with Crippen LogP contribution in [0, 0.1) is 6.92 Å². The van der Waals surface area contributed by atoms with E-state index in [2.05, 4.69) is 113 Å². The maximum Gasteiger partial charge on any atom is 0.102 e. The molecule has 1 aliphatic carbocycles. The van der Waals surface area contributed by atoms with E-state index >= 15 is 0 Å². The predicted octanol–water partition coefficient (Wildman–Crippen LogP) is 6.53. The van der Waals surface area contributed by atoms with E-state index in [-0.39, 0.29) is 30.6 Å². The Labute approximate surface area is 220 Å². The molecule has 0 aromatic heterocycles. The third-order valence-corrected chi connectivity index (χ3v) is 8.50. The van der Waals surface area contributed by atoms with Gasteiger partial charge in [0.1, 0.15) is 10.6 Å². The predicted molar refractivity (Wildman–Crippen MR) is 146 cm³/mol. The Hall–Kier alpha value is -2.01. The fourth-order valence-corrected chi connectivity index (χ4v) is 6.80. The molecule has 0 spiro atoms. The van der Waals surface area contributed by atoms with Gasteiger partial charge in [0.2, 0.25) is 0 Å². The van der Waals surface area contributed by atoms with Gasteiger partial charge in [0.25, 0.3) is 0 Å². The molecule has 3 aromatic carbocycles. The summed E-state index contributed by atoms with van der Waals surface area (Å²) < 4.78 is 0. The molecule has 0 atom stereocenters. The summed E-state index contributed by atoms with van der Waals surface area (Å²) >= 11 is 0. The maximum absolute atomic E-state index is 13.4. The summed E-state index contributed by atoms with van der Waals surface area (Å²) in [5.41, 5.74) is 1.92. The third-order valence-electron chi connectivity index (χ3n) is 5.77. The monoisotopic (exact) mass is 559 g/mol. The van der Waals surface area contributed by atoms with Crippen LogP contribution in [0.1, 0.15) is 57.6 Å². The zero-order chi connectivity index (χ0) is 23.7. The summed E-state index contributed by atoms with van der Waals surface area (Å²) in [7, 11) is -1.32. The molecule has 0 unspecified atom stereocenters. The smallest absolute Gasteiger partial charge is 0.102 e. The molecule has 3 aromatic rings. The van der Waals surface area contributed by atoms with Crippen molar-refractivity contribution in [3.8, 4) is 5.75 Å². The van der Waals surface area contributed by atoms with Crippen molar-refractivity contribution in [2.45, 2.75) is 58.8 Å². The Morgan fingerprint density at radius 3 is 1.47 bits per heavy atom. The standard InChI is InChI=1S/C23H25OP.C8H12.Rh/c1-17-15-20(23(2,3)4)22(24)21(16-17)25(18-11-7-5-8-12-18)19-13-9-6-10-14-19;1-2-4-6-8-7-5-3-1;/h5-16,24H,1-4H3;1-2,7-8H,3-6H2;/b;2-1-,8-7-;. The Balaban J connectivity index is 0.000000386. The van der Waals surface area contributed by atoms with Crippen LogP contribution in [-0.2, 0) is 24.9 Å². The third kappa shape index (κ3) is 8.04. The Morgan fingerprint density at radius 2 is 1.09 bits per heavy atom. The fraction of sp³-hybridized carbons (Fsp3) is 0.290. The number of hydrogen-bond acceptors (Lipinski definition) is 1. The van der Waals surface area contributed by atoms with Gasteiger partial charge in [0, 0.05) is 19.5 Å². The molecular formula is C31H37OPRh. The molecule has 3 heteroatoms. The molecule has 1 nitrogen and oxygen atoms in total. The van der Waals surface area contributed by atoms with E-state index in [4.69, 9.17) is 0 Å². The maximum atomic E-state index is 13.4. The second-order valence-electron chi connectivity index (χ2n) is 9.64. The SMILES string of the molecule is C1=C\CC/C=C\CC/1.Cc1cc([PH+](c2ccccc2)c2ccccc2)c([O-])c(C(C)(C)C)c1.[Rh]. The molecule has 181 valence electrons. The molecule has 0 aliphatic heterocycles. The molecular weight excluding hydrogens is 522 g/mol. The molecule has 0 fully saturated rings. The molecule has 0 N–H and O–H groups in total. The molecule has 34 heavy (non-hydrogen) atoms. The summed E-state index contributed by atoms with van der Waals surface area (Å²) in [6.07, 6.45) is 14.0. The molecule has 0 amide bonds. The van der Waals surface area contributed by atoms with E-state index in [0.717, 1.165) is 16.4 Å². The van der Waals surface area contributed by atoms with Gasteiger partial charge in [-0.05, 0) is 79.5 Å². The van der Waals surface area contributed by atoms with Crippen LogP contribution in [0.4, 0.5) is 0 Å². The number of hydrogen-bond donors (Lipinski definition) is 0. The molecule has 1 radical (unpaired) electrons. The van der Waals surface area contributed by atoms with Crippen molar-refractivity contribution < 1.29 is 24.6 Å². The summed E-state index contributed by atoms with van der Waals surface area (Å²) in [4.78, 5) is 0. The number of rotatable bonds is 3. The number of allylic oxidation sites excluding steroid dienone is 4. The second kappa shape index (κ2) is 13.8. The van der Waals surface area contributed by atoms with E-state index in [1.807, 2.05) is 12.1 Å². The van der Waals surface area contributed by atoms with Gasteiger partial charge in [-0.25, -0.2) is 0 Å². The Kier molecular flexibility index (Phi) is 11.4. The van der Waals surface area contributed by atoms with Gasteiger partial charge in [0.15, 0.2) is 0 Å². The average Bonchev–Trinajstić information content (AvgIpc) is 2.77. The quantitative estimate of drug-likeness (QED) is 0.204. The minimum atomic E-state index is -1.32. The van der Waals surface area contributed by atoms with Crippen LogP contribution in [0.25, 0.3) is 0 Å². The van der Waals surface area contributed by atoms with Crippen LogP contribution in [0.5, 0.6) is 5.75 Å². The second-order valence-corrected chi connectivity index (χ2v) is 12.1. The van der Waals surface area contributed by atoms with Crippen molar-refractivity contribution >= 4 is 23.8 Å². The van der Waals surface area contributed by atoms with E-state index < -0.39 is 7.92 Å². The van der Waals surface area contributed by atoms with E-state index in [1.54, 1.807) is 0 Å². The summed E-state index contributed by atoms with van der Waals surface area (Å²) in [5, 5.41) is 16.8. The number of benzene rings is 3. The van der Waals surface area contributed by atoms with Gasteiger partial charge in [-0.15, -0.1) is 0 Å². The van der Waals surface area contributed by atoms with Crippen molar-refractivity contribution in [2.75, 3.05) is 0 Å². The Bertz CT molecular complexity index is 1000. The first-order valence-corrected chi connectivity index (χ1v) is 13.5. The van der Waals surface area contributed by atoms with E-state index in [1.165, 1.54) is 36.3 Å². The molecule has 0 saturated carbocycles. The minimum Gasteiger partial charge on any atom is -0.870 e. The largest absolute Gasteiger partial charge is 0.870 e. The Morgan fingerprint density at radius 1 is 0.676 bits per heavy atom. The van der Waals surface area contributed by atoms with Gasteiger partial charge in [-0.3, -0.25) is 0 Å². The van der Waals surface area contributed by atoms with Crippen molar-refractivity contribution in [1.29, 1.82) is 0 Å². The van der Waals surface area contributed by atoms with E-state index in [0.29, 0.717) is 0 Å². The van der Waals surface area contributed by atoms with Crippen LogP contribution >= 0.6 is 7.92 Å². The van der Waals surface area contributed by atoms with Crippen LogP contribution < -0.4 is 21.0 Å². The molecule has 0 bridgehead atoms. The topological polar surface area (TPSA) is 23.1 Å². The molecule has 0 heterocycles. The zero-order valence-electron chi connectivity index (χ0n) is 20.8. The van der Waals surface area contributed by atoms with Crippen molar-refractivity contribution in [2.24, 2.45) is 0 Å². The minimum absolute atomic E-state index is 0. The molecule has 0 saturated heterocycles. The van der Waals surface area contributed by atoms with Gasteiger partial charge in [0.05, 0.1) is 13.2 Å². The van der Waals surface area contributed by atoms with Gasteiger partial charge >= 0.3 is 0 Å². The first kappa shape index (κ1) is 28.2. The summed E-state index contributed by atoms with van der Waals surface area (Å²) in [6.45, 7) is 8.44. The fourth-order valence-electron chi connectivity index (χ4n) is 4.06. The van der Waals surface area contributed by atoms with Crippen LogP contribution in [-0.4, -0.2) is 0 Å². The normalized spacial score (nSPS) is 15.2. The van der Waals surface area contributed by atoms with Gasteiger partial charge < -0.3 is 5.11 Å². The summed E-state index contributed by atoms with van der Waals surface area (Å²) in [5.74, 6) is 0.208.